The quantitative estimate of drug-likeness (QED) is 0.627. The molecule has 1 rings (SSSR count). The van der Waals surface area contributed by atoms with Crippen LogP contribution in [0, 0.1) is 6.08 Å². The average molecular weight is 345 g/mol. The van der Waals surface area contributed by atoms with Gasteiger partial charge in [-0.05, 0) is 0 Å². The molecule has 3 heteroatoms. The molecule has 0 bridgehead atoms. The molecule has 71 valence electrons. The Morgan fingerprint density at radius 3 is 1.75 bits per heavy atom. The molecular weight excluding hydrogens is 332 g/mol. The van der Waals surface area contributed by atoms with Crippen molar-refractivity contribution in [2.75, 3.05) is 0 Å². The van der Waals surface area contributed by atoms with E-state index in [1.165, 1.54) is 11.1 Å². The average Bonchev–Trinajstić information content (AvgIpc) is 2.44. The molecule has 0 amide bonds. The first-order valence-electron chi connectivity index (χ1n) is 3.13. The van der Waals surface area contributed by atoms with Crippen LogP contribution in [0.25, 0.3) is 0 Å². The second-order valence-corrected chi connectivity index (χ2v) is 1.89. The summed E-state index contributed by atoms with van der Waals surface area (Å²) in [5, 5.41) is 0. The van der Waals surface area contributed by atoms with E-state index in [1.54, 1.807) is 0 Å². The van der Waals surface area contributed by atoms with E-state index >= 15 is 0 Å². The number of carbonyl (C=O) groups excluding carboxylic acids is 2. The van der Waals surface area contributed by atoms with Crippen molar-refractivity contribution < 1.29 is 29.7 Å². The zero-order valence-corrected chi connectivity index (χ0v) is 9.74. The van der Waals surface area contributed by atoms with Gasteiger partial charge in [0, 0.05) is 20.1 Å². The molecule has 0 aromatic carbocycles. The van der Waals surface area contributed by atoms with Crippen LogP contribution in [0.4, 0.5) is 0 Å². The van der Waals surface area contributed by atoms with Crippen molar-refractivity contribution in [3.05, 3.63) is 23.3 Å². The van der Waals surface area contributed by atoms with Crippen LogP contribution in [0.15, 0.2) is 17.2 Å². The van der Waals surface area contributed by atoms with Gasteiger partial charge in [0.15, 0.2) is 0 Å². The Morgan fingerprint density at radius 1 is 1.25 bits per heavy atom. The molecule has 1 radical (unpaired) electrons. The SMILES string of the molecule is C=O.C=O.CC1=[C-]CC=C1C.[Ir]. The summed E-state index contributed by atoms with van der Waals surface area (Å²) in [5.74, 6) is 0. The fourth-order valence-corrected chi connectivity index (χ4v) is 0.650. The summed E-state index contributed by atoms with van der Waals surface area (Å²) in [7, 11) is 0. The second-order valence-electron chi connectivity index (χ2n) is 1.89. The maximum absolute atomic E-state index is 8.00. The van der Waals surface area contributed by atoms with Gasteiger partial charge in [-0.25, -0.2) is 11.1 Å². The van der Waals surface area contributed by atoms with Crippen LogP contribution in [0.3, 0.4) is 0 Å². The Hall–Kier alpha value is -0.531. The molecule has 0 aromatic heterocycles. The molecular formula is C9H13IrO2-. The normalized spacial score (nSPS) is 11.8. The van der Waals surface area contributed by atoms with Gasteiger partial charge in [-0.1, -0.05) is 6.92 Å². The summed E-state index contributed by atoms with van der Waals surface area (Å²) >= 11 is 0. The summed E-state index contributed by atoms with van der Waals surface area (Å²) in [6, 6.07) is 0. The first-order chi connectivity index (χ1) is 5.30. The minimum absolute atomic E-state index is 0. The maximum Gasteiger partial charge on any atom is 0.106 e. The molecule has 12 heavy (non-hydrogen) atoms. The van der Waals surface area contributed by atoms with Crippen molar-refractivity contribution in [3.8, 4) is 0 Å². The van der Waals surface area contributed by atoms with Gasteiger partial charge in [0.25, 0.3) is 0 Å². The third-order valence-electron chi connectivity index (χ3n) is 1.37. The zero-order chi connectivity index (χ0) is 9.28. The molecule has 0 fully saturated rings. The van der Waals surface area contributed by atoms with Gasteiger partial charge >= 0.3 is 0 Å². The Bertz CT molecular complexity index is 144. The summed E-state index contributed by atoms with van der Waals surface area (Å²) < 4.78 is 0. The van der Waals surface area contributed by atoms with Crippen molar-refractivity contribution in [2.24, 2.45) is 0 Å². The predicted molar refractivity (Wildman–Crippen MR) is 45.0 cm³/mol. The molecule has 0 N–H and O–H groups in total. The molecule has 0 aromatic rings. The van der Waals surface area contributed by atoms with E-state index in [0.29, 0.717) is 0 Å². The minimum Gasteiger partial charge on any atom is -0.307 e. The predicted octanol–water partition coefficient (Wildman–Crippen LogP) is 1.71. The van der Waals surface area contributed by atoms with E-state index < -0.39 is 0 Å². The first kappa shape index (κ1) is 17.5. The Balaban J connectivity index is -0.000000144. The van der Waals surface area contributed by atoms with Crippen molar-refractivity contribution in [3.63, 3.8) is 0 Å². The second kappa shape index (κ2) is 13.1. The molecule has 0 atom stereocenters. The van der Waals surface area contributed by atoms with Gasteiger partial charge in [0.1, 0.15) is 13.6 Å². The van der Waals surface area contributed by atoms with Crippen molar-refractivity contribution in [1.29, 1.82) is 0 Å². The first-order valence-corrected chi connectivity index (χ1v) is 3.13. The molecule has 1 aliphatic carbocycles. The van der Waals surface area contributed by atoms with E-state index in [4.69, 9.17) is 9.59 Å². The van der Waals surface area contributed by atoms with Crippen LogP contribution >= 0.6 is 0 Å². The maximum atomic E-state index is 8.00. The molecule has 0 saturated heterocycles. The molecule has 2 nitrogen and oxygen atoms in total. The Labute approximate surface area is 87.1 Å². The molecule has 0 aliphatic heterocycles. The van der Waals surface area contributed by atoms with Crippen molar-refractivity contribution in [2.45, 2.75) is 20.3 Å². The molecule has 0 spiro atoms. The van der Waals surface area contributed by atoms with Crippen LogP contribution in [-0.2, 0) is 29.7 Å². The van der Waals surface area contributed by atoms with Gasteiger partial charge in [-0.2, -0.15) is 6.08 Å². The van der Waals surface area contributed by atoms with E-state index in [1.807, 2.05) is 13.6 Å². The summed E-state index contributed by atoms with van der Waals surface area (Å²) in [4.78, 5) is 16.0. The number of rotatable bonds is 0. The number of hydrogen-bond donors (Lipinski definition) is 0. The van der Waals surface area contributed by atoms with Gasteiger partial charge in [0.2, 0.25) is 0 Å². The third kappa shape index (κ3) is 7.57. The van der Waals surface area contributed by atoms with E-state index in [0.717, 1.165) is 6.42 Å². The third-order valence-corrected chi connectivity index (χ3v) is 1.37. The monoisotopic (exact) mass is 346 g/mol. The topological polar surface area (TPSA) is 34.1 Å². The molecule has 1 aliphatic rings. The fourth-order valence-electron chi connectivity index (χ4n) is 0.650. The minimum atomic E-state index is 0. The summed E-state index contributed by atoms with van der Waals surface area (Å²) in [6.07, 6.45) is 6.41. The molecule has 0 saturated carbocycles. The van der Waals surface area contributed by atoms with Crippen molar-refractivity contribution in [1.82, 2.24) is 0 Å². The van der Waals surface area contributed by atoms with Crippen LogP contribution in [0.5, 0.6) is 0 Å². The van der Waals surface area contributed by atoms with Crippen LogP contribution in [0.1, 0.15) is 20.3 Å². The zero-order valence-electron chi connectivity index (χ0n) is 7.35. The molecule has 0 unspecified atom stereocenters. The smallest absolute Gasteiger partial charge is 0.106 e. The largest absolute Gasteiger partial charge is 0.307 e. The van der Waals surface area contributed by atoms with E-state index in [9.17, 15) is 0 Å². The Morgan fingerprint density at radius 2 is 1.67 bits per heavy atom. The van der Waals surface area contributed by atoms with Crippen LogP contribution in [-0.4, -0.2) is 13.6 Å². The van der Waals surface area contributed by atoms with Gasteiger partial charge in [-0.3, -0.25) is 6.08 Å². The number of carbonyl (C=O) groups is 2. The summed E-state index contributed by atoms with van der Waals surface area (Å²) in [6.45, 7) is 8.22. The van der Waals surface area contributed by atoms with Gasteiger partial charge in [0.05, 0.1) is 0 Å². The summed E-state index contributed by atoms with van der Waals surface area (Å²) in [5.41, 5.74) is 2.71. The van der Waals surface area contributed by atoms with E-state index in [2.05, 4.69) is 26.0 Å². The van der Waals surface area contributed by atoms with Gasteiger partial charge in [-0.15, -0.1) is 13.3 Å². The van der Waals surface area contributed by atoms with Crippen LogP contribution in [0.2, 0.25) is 0 Å². The van der Waals surface area contributed by atoms with Gasteiger partial charge < -0.3 is 9.59 Å². The van der Waals surface area contributed by atoms with E-state index in [-0.39, 0.29) is 20.1 Å². The molecule has 0 heterocycles. The van der Waals surface area contributed by atoms with Crippen molar-refractivity contribution >= 4 is 13.6 Å². The fraction of sp³-hybridized carbons (Fsp3) is 0.333. The van der Waals surface area contributed by atoms with Crippen LogP contribution < -0.4 is 0 Å². The standard InChI is InChI=1S/C7H9.2CH2O.Ir/c1-6-4-3-5-7(6)2;2*1-2;/h4H,3H2,1-2H3;2*1H2;/q-1;;;. The Kier molecular flexibility index (Phi) is 19.1. The number of hydrogen-bond acceptors (Lipinski definition) is 2. The number of allylic oxidation sites excluding steroid dienone is 4.